The van der Waals surface area contributed by atoms with Gasteiger partial charge in [-0.05, 0) is 22.0 Å². The van der Waals surface area contributed by atoms with Crippen LogP contribution in [-0.2, 0) is 16.0 Å². The third kappa shape index (κ3) is 4.69. The van der Waals surface area contributed by atoms with Crippen LogP contribution in [0.1, 0.15) is 4.88 Å². The molecule has 0 saturated carbocycles. The predicted octanol–water partition coefficient (Wildman–Crippen LogP) is 2.92. The molecule has 1 aromatic rings. The molecule has 1 aromatic heterocycles. The van der Waals surface area contributed by atoms with Crippen LogP contribution >= 0.6 is 38.9 Å². The lowest BCUT2D eigenvalue weighted by Crippen LogP contribution is -2.31. The lowest BCUT2D eigenvalue weighted by Gasteiger charge is -2.14. The van der Waals surface area contributed by atoms with Gasteiger partial charge in [-0.15, -0.1) is 11.3 Å². The summed E-state index contributed by atoms with van der Waals surface area (Å²) in [5, 5.41) is 3.30. The molecule has 0 fully saturated rings. The summed E-state index contributed by atoms with van der Waals surface area (Å²) >= 11 is 10.9. The fourth-order valence-electron chi connectivity index (χ4n) is 1.23. The third-order valence-corrected chi connectivity index (χ3v) is 4.53. The number of halogens is 2. The first-order chi connectivity index (χ1) is 7.67. The Kier molecular flexibility index (Phi) is 6.87. The van der Waals surface area contributed by atoms with E-state index in [2.05, 4.69) is 21.2 Å². The number of nitrogens with one attached hydrogen (secondary N) is 1. The van der Waals surface area contributed by atoms with Crippen LogP contribution in [0.3, 0.4) is 0 Å². The van der Waals surface area contributed by atoms with E-state index >= 15 is 0 Å². The summed E-state index contributed by atoms with van der Waals surface area (Å²) in [4.78, 5) is 1.20. The summed E-state index contributed by atoms with van der Waals surface area (Å²) in [6.45, 7) is 2.15. The number of ether oxygens (including phenoxy) is 2. The molecule has 0 aromatic carbocycles. The van der Waals surface area contributed by atoms with Gasteiger partial charge in [0, 0.05) is 36.7 Å². The molecule has 16 heavy (non-hydrogen) atoms. The van der Waals surface area contributed by atoms with Gasteiger partial charge in [0.25, 0.3) is 0 Å². The van der Waals surface area contributed by atoms with Crippen LogP contribution in [0.4, 0.5) is 0 Å². The highest BCUT2D eigenvalue weighted by molar-refractivity contribution is 9.10. The van der Waals surface area contributed by atoms with Gasteiger partial charge in [0.05, 0.1) is 12.7 Å². The molecule has 92 valence electrons. The van der Waals surface area contributed by atoms with E-state index in [1.54, 1.807) is 25.6 Å². The summed E-state index contributed by atoms with van der Waals surface area (Å²) in [7, 11) is 3.35. The van der Waals surface area contributed by atoms with E-state index in [0.717, 1.165) is 21.9 Å². The van der Waals surface area contributed by atoms with Crippen LogP contribution in [-0.4, -0.2) is 33.5 Å². The van der Waals surface area contributed by atoms with Crippen molar-refractivity contribution in [3.63, 3.8) is 0 Å². The van der Waals surface area contributed by atoms with E-state index < -0.39 is 0 Å². The first kappa shape index (κ1) is 14.4. The van der Waals surface area contributed by atoms with Gasteiger partial charge in [-0.25, -0.2) is 0 Å². The number of methoxy groups -OCH3 is 2. The number of hydrogen-bond donors (Lipinski definition) is 1. The predicted molar refractivity (Wildman–Crippen MR) is 71.4 cm³/mol. The van der Waals surface area contributed by atoms with Gasteiger partial charge in [-0.1, -0.05) is 11.6 Å². The van der Waals surface area contributed by atoms with E-state index in [0.29, 0.717) is 6.61 Å². The van der Waals surface area contributed by atoms with Gasteiger partial charge < -0.3 is 14.8 Å². The van der Waals surface area contributed by atoms with Gasteiger partial charge in [-0.2, -0.15) is 0 Å². The normalized spacial score (nSPS) is 13.0. The first-order valence-corrected chi connectivity index (χ1v) is 6.82. The van der Waals surface area contributed by atoms with Crippen molar-refractivity contribution in [2.45, 2.75) is 12.6 Å². The Balaban J connectivity index is 2.29. The molecule has 0 bridgehead atoms. The molecule has 1 N–H and O–H groups in total. The molecule has 1 rings (SSSR count). The van der Waals surface area contributed by atoms with Crippen molar-refractivity contribution in [1.82, 2.24) is 5.32 Å². The molecule has 0 aliphatic carbocycles. The second-order valence-corrected chi connectivity index (χ2v) is 5.87. The Bertz CT molecular complexity index is 302. The zero-order chi connectivity index (χ0) is 12.0. The molecule has 0 spiro atoms. The summed E-state index contributed by atoms with van der Waals surface area (Å²) in [6, 6.07) is 2.03. The van der Waals surface area contributed by atoms with Crippen LogP contribution in [0, 0.1) is 0 Å². The largest absolute Gasteiger partial charge is 0.382 e. The van der Waals surface area contributed by atoms with E-state index in [9.17, 15) is 0 Å². The molecule has 3 nitrogen and oxygen atoms in total. The standard InChI is InChI=1S/C10H15BrClNO2S/c1-14-6-7(15-2)4-13-5-8-3-9(11)10(12)16-8/h3,7,13H,4-6H2,1-2H3. The maximum absolute atomic E-state index is 5.95. The fraction of sp³-hybridized carbons (Fsp3) is 0.600. The summed E-state index contributed by atoms with van der Waals surface area (Å²) in [5.74, 6) is 0. The van der Waals surface area contributed by atoms with Gasteiger partial charge >= 0.3 is 0 Å². The van der Waals surface area contributed by atoms with E-state index in [1.165, 1.54) is 4.88 Å². The maximum atomic E-state index is 5.95. The minimum absolute atomic E-state index is 0.0869. The van der Waals surface area contributed by atoms with Crippen LogP contribution in [0.5, 0.6) is 0 Å². The van der Waals surface area contributed by atoms with Crippen molar-refractivity contribution in [3.05, 3.63) is 19.8 Å². The van der Waals surface area contributed by atoms with Crippen molar-refractivity contribution in [2.24, 2.45) is 0 Å². The van der Waals surface area contributed by atoms with Crippen LogP contribution in [0.15, 0.2) is 10.5 Å². The van der Waals surface area contributed by atoms with Crippen LogP contribution in [0.25, 0.3) is 0 Å². The van der Waals surface area contributed by atoms with Gasteiger partial charge in [0.15, 0.2) is 0 Å². The highest BCUT2D eigenvalue weighted by Gasteiger charge is 2.07. The molecule has 1 unspecified atom stereocenters. The molecule has 1 heterocycles. The highest BCUT2D eigenvalue weighted by Crippen LogP contribution is 2.31. The minimum atomic E-state index is 0.0869. The van der Waals surface area contributed by atoms with E-state index in [-0.39, 0.29) is 6.10 Å². The Hall–Kier alpha value is 0.350. The minimum Gasteiger partial charge on any atom is -0.382 e. The summed E-state index contributed by atoms with van der Waals surface area (Å²) < 4.78 is 12.0. The average molecular weight is 329 g/mol. The summed E-state index contributed by atoms with van der Waals surface area (Å²) in [5.41, 5.74) is 0. The molecule has 0 radical (unpaired) electrons. The van der Waals surface area contributed by atoms with Crippen LogP contribution in [0.2, 0.25) is 4.34 Å². The number of rotatable bonds is 7. The molecule has 0 saturated heterocycles. The van der Waals surface area contributed by atoms with E-state index in [4.69, 9.17) is 21.1 Å². The molecular formula is C10H15BrClNO2S. The second-order valence-electron chi connectivity index (χ2n) is 3.28. The fourth-order valence-corrected chi connectivity index (χ4v) is 2.99. The molecular weight excluding hydrogens is 314 g/mol. The Labute approximate surface area is 113 Å². The number of thiophene rings is 1. The highest BCUT2D eigenvalue weighted by atomic mass is 79.9. The third-order valence-electron chi connectivity index (χ3n) is 2.05. The zero-order valence-electron chi connectivity index (χ0n) is 9.26. The SMILES string of the molecule is COCC(CNCc1cc(Br)c(Cl)s1)OC. The second kappa shape index (κ2) is 7.63. The van der Waals surface area contributed by atoms with Gasteiger partial charge in [0.2, 0.25) is 0 Å². The molecule has 0 aliphatic heterocycles. The molecule has 1 atom stereocenters. The molecule has 6 heteroatoms. The van der Waals surface area contributed by atoms with Gasteiger partial charge in [-0.3, -0.25) is 0 Å². The van der Waals surface area contributed by atoms with Crippen LogP contribution < -0.4 is 5.32 Å². The number of hydrogen-bond acceptors (Lipinski definition) is 4. The molecule has 0 amide bonds. The average Bonchev–Trinajstić information content (AvgIpc) is 2.57. The Morgan fingerprint density at radius 1 is 1.56 bits per heavy atom. The van der Waals surface area contributed by atoms with Crippen molar-refractivity contribution in [1.29, 1.82) is 0 Å². The first-order valence-electron chi connectivity index (χ1n) is 4.83. The van der Waals surface area contributed by atoms with Crippen molar-refractivity contribution in [3.8, 4) is 0 Å². The zero-order valence-corrected chi connectivity index (χ0v) is 12.4. The monoisotopic (exact) mass is 327 g/mol. The van der Waals surface area contributed by atoms with Crippen molar-refractivity contribution < 1.29 is 9.47 Å². The molecule has 0 aliphatic rings. The van der Waals surface area contributed by atoms with Gasteiger partial charge in [0.1, 0.15) is 4.34 Å². The van der Waals surface area contributed by atoms with Crippen molar-refractivity contribution in [2.75, 3.05) is 27.4 Å². The lowest BCUT2D eigenvalue weighted by molar-refractivity contribution is 0.0288. The Morgan fingerprint density at radius 3 is 2.81 bits per heavy atom. The maximum Gasteiger partial charge on any atom is 0.107 e. The quantitative estimate of drug-likeness (QED) is 0.835. The smallest absolute Gasteiger partial charge is 0.107 e. The summed E-state index contributed by atoms with van der Waals surface area (Å²) in [6.07, 6.45) is 0.0869. The van der Waals surface area contributed by atoms with Crippen molar-refractivity contribution >= 4 is 38.9 Å². The topological polar surface area (TPSA) is 30.5 Å². The Morgan fingerprint density at radius 2 is 2.31 bits per heavy atom. The van der Waals surface area contributed by atoms with E-state index in [1.807, 2.05) is 6.07 Å². The lowest BCUT2D eigenvalue weighted by atomic mass is 10.3.